The molecule has 0 saturated heterocycles. The molecule has 0 aliphatic heterocycles. The van der Waals surface area contributed by atoms with Gasteiger partial charge in [0.15, 0.2) is 11.5 Å². The van der Waals surface area contributed by atoms with Crippen LogP contribution in [0.4, 0.5) is 4.39 Å². The van der Waals surface area contributed by atoms with Crippen molar-refractivity contribution in [2.24, 2.45) is 0 Å². The van der Waals surface area contributed by atoms with E-state index >= 15 is 0 Å². The molecule has 5 heteroatoms. The van der Waals surface area contributed by atoms with Gasteiger partial charge in [-0.15, -0.1) is 0 Å². The molecule has 2 aromatic rings. The van der Waals surface area contributed by atoms with Crippen LogP contribution in [0.25, 0.3) is 0 Å². The van der Waals surface area contributed by atoms with Crippen molar-refractivity contribution in [3.05, 3.63) is 58.4 Å². The van der Waals surface area contributed by atoms with Crippen molar-refractivity contribution in [3.8, 4) is 11.5 Å². The van der Waals surface area contributed by atoms with Crippen LogP contribution in [-0.2, 0) is 13.1 Å². The van der Waals surface area contributed by atoms with E-state index in [2.05, 4.69) is 5.32 Å². The Hall–Kier alpha value is -1.78. The second-order valence-corrected chi connectivity index (χ2v) is 4.88. The highest BCUT2D eigenvalue weighted by molar-refractivity contribution is 6.33. The predicted molar refractivity (Wildman–Crippen MR) is 81.5 cm³/mol. The molecule has 0 aliphatic carbocycles. The average molecular weight is 310 g/mol. The summed E-state index contributed by atoms with van der Waals surface area (Å²) in [4.78, 5) is 0. The molecule has 0 atom stereocenters. The van der Waals surface area contributed by atoms with Crippen LogP contribution in [-0.4, -0.2) is 14.2 Å². The number of hydrogen-bond acceptors (Lipinski definition) is 3. The van der Waals surface area contributed by atoms with Crippen molar-refractivity contribution in [1.82, 2.24) is 5.32 Å². The first-order chi connectivity index (χ1) is 10.2. The van der Waals surface area contributed by atoms with E-state index in [1.165, 1.54) is 12.1 Å². The predicted octanol–water partition coefficient (Wildman–Crippen LogP) is 3.79. The summed E-state index contributed by atoms with van der Waals surface area (Å²) in [5, 5.41) is 3.79. The maximum atomic E-state index is 12.8. The molecule has 3 nitrogen and oxygen atoms in total. The first kappa shape index (κ1) is 15.6. The highest BCUT2D eigenvalue weighted by Gasteiger charge is 2.12. The Kier molecular flexibility index (Phi) is 5.42. The van der Waals surface area contributed by atoms with Gasteiger partial charge in [-0.2, -0.15) is 0 Å². The molecule has 0 aliphatic rings. The summed E-state index contributed by atoms with van der Waals surface area (Å²) >= 11 is 6.30. The summed E-state index contributed by atoms with van der Waals surface area (Å²) in [5.74, 6) is 0.895. The molecule has 0 fully saturated rings. The fourth-order valence-electron chi connectivity index (χ4n) is 2.01. The van der Waals surface area contributed by atoms with E-state index in [0.717, 1.165) is 11.1 Å². The fourth-order valence-corrected chi connectivity index (χ4v) is 2.31. The summed E-state index contributed by atoms with van der Waals surface area (Å²) in [6, 6.07) is 10.1. The summed E-state index contributed by atoms with van der Waals surface area (Å²) < 4.78 is 23.3. The van der Waals surface area contributed by atoms with Crippen molar-refractivity contribution < 1.29 is 13.9 Å². The first-order valence-corrected chi connectivity index (χ1v) is 6.88. The second-order valence-electron chi connectivity index (χ2n) is 4.50. The average Bonchev–Trinajstić information content (AvgIpc) is 2.50. The molecule has 0 amide bonds. The lowest BCUT2D eigenvalue weighted by molar-refractivity contribution is 0.354. The van der Waals surface area contributed by atoms with Crippen LogP contribution in [0.2, 0.25) is 5.02 Å². The zero-order chi connectivity index (χ0) is 15.2. The van der Waals surface area contributed by atoms with Crippen molar-refractivity contribution in [2.75, 3.05) is 14.2 Å². The van der Waals surface area contributed by atoms with Gasteiger partial charge < -0.3 is 14.8 Å². The number of halogens is 2. The summed E-state index contributed by atoms with van der Waals surface area (Å²) in [5.41, 5.74) is 1.92. The lowest BCUT2D eigenvalue weighted by atomic mass is 10.1. The van der Waals surface area contributed by atoms with Crippen LogP contribution < -0.4 is 14.8 Å². The molecular formula is C16H17ClFNO2. The lowest BCUT2D eigenvalue weighted by Crippen LogP contribution is -2.13. The Labute approximate surface area is 128 Å². The van der Waals surface area contributed by atoms with Gasteiger partial charge in [-0.25, -0.2) is 4.39 Å². The molecule has 0 heterocycles. The third-order valence-corrected chi connectivity index (χ3v) is 3.54. The molecule has 0 radical (unpaired) electrons. The van der Waals surface area contributed by atoms with E-state index in [1.807, 2.05) is 12.1 Å². The van der Waals surface area contributed by atoms with Crippen LogP contribution >= 0.6 is 11.6 Å². The lowest BCUT2D eigenvalue weighted by Gasteiger charge is -2.13. The third-order valence-electron chi connectivity index (χ3n) is 3.12. The number of ether oxygens (including phenoxy) is 2. The monoisotopic (exact) mass is 309 g/mol. The van der Waals surface area contributed by atoms with Gasteiger partial charge in [-0.3, -0.25) is 0 Å². The summed E-state index contributed by atoms with van der Waals surface area (Å²) in [6.45, 7) is 1.21. The third kappa shape index (κ3) is 3.86. The Morgan fingerprint density at radius 3 is 2.33 bits per heavy atom. The topological polar surface area (TPSA) is 30.5 Å². The molecule has 0 unspecified atom stereocenters. The molecule has 1 N–H and O–H groups in total. The van der Waals surface area contributed by atoms with Gasteiger partial charge in [0.1, 0.15) is 5.82 Å². The van der Waals surface area contributed by atoms with Crippen LogP contribution in [0.15, 0.2) is 36.4 Å². The van der Waals surface area contributed by atoms with Crippen LogP contribution in [0.1, 0.15) is 11.1 Å². The first-order valence-electron chi connectivity index (χ1n) is 6.50. The zero-order valence-electron chi connectivity index (χ0n) is 12.0. The molecule has 0 saturated carbocycles. The maximum Gasteiger partial charge on any atom is 0.179 e. The number of methoxy groups -OCH3 is 2. The van der Waals surface area contributed by atoms with Crippen LogP contribution in [0, 0.1) is 5.82 Å². The Balaban J connectivity index is 2.01. The minimum Gasteiger partial charge on any atom is -0.493 e. The maximum absolute atomic E-state index is 12.8. The van der Waals surface area contributed by atoms with Crippen LogP contribution in [0.3, 0.4) is 0 Å². The smallest absolute Gasteiger partial charge is 0.179 e. The highest BCUT2D eigenvalue weighted by atomic mass is 35.5. The van der Waals surface area contributed by atoms with Gasteiger partial charge in [0, 0.05) is 13.1 Å². The van der Waals surface area contributed by atoms with E-state index in [-0.39, 0.29) is 5.82 Å². The summed E-state index contributed by atoms with van der Waals surface area (Å²) in [6.07, 6.45) is 0. The van der Waals surface area contributed by atoms with E-state index in [0.29, 0.717) is 29.6 Å². The largest absolute Gasteiger partial charge is 0.493 e. The molecule has 2 rings (SSSR count). The Morgan fingerprint density at radius 2 is 1.71 bits per heavy atom. The minimum absolute atomic E-state index is 0.235. The van der Waals surface area contributed by atoms with Gasteiger partial charge in [-0.05, 0) is 29.3 Å². The minimum atomic E-state index is -0.235. The second kappa shape index (κ2) is 7.29. The molecule has 0 spiro atoms. The van der Waals surface area contributed by atoms with Crippen molar-refractivity contribution in [2.45, 2.75) is 13.1 Å². The molecule has 112 valence electrons. The van der Waals surface area contributed by atoms with Gasteiger partial charge >= 0.3 is 0 Å². The fraction of sp³-hybridized carbons (Fsp3) is 0.250. The quantitative estimate of drug-likeness (QED) is 0.880. The van der Waals surface area contributed by atoms with Crippen molar-refractivity contribution in [3.63, 3.8) is 0 Å². The van der Waals surface area contributed by atoms with Crippen LogP contribution in [0.5, 0.6) is 11.5 Å². The Bertz CT molecular complexity index is 602. The number of rotatable bonds is 6. The van der Waals surface area contributed by atoms with Gasteiger partial charge in [0.25, 0.3) is 0 Å². The molecule has 0 aromatic heterocycles. The van der Waals surface area contributed by atoms with Gasteiger partial charge in [0.05, 0.1) is 19.2 Å². The highest BCUT2D eigenvalue weighted by Crippen LogP contribution is 2.37. The van der Waals surface area contributed by atoms with E-state index in [1.54, 1.807) is 26.4 Å². The standard InChI is InChI=1S/C16H17ClFNO2/c1-20-14-8-5-12(15(17)16(14)21-2)10-19-9-11-3-6-13(18)7-4-11/h3-8,19H,9-10H2,1-2H3. The van der Waals surface area contributed by atoms with E-state index < -0.39 is 0 Å². The van der Waals surface area contributed by atoms with Gasteiger partial charge in [0.2, 0.25) is 0 Å². The number of benzene rings is 2. The zero-order valence-corrected chi connectivity index (χ0v) is 12.7. The SMILES string of the molecule is COc1ccc(CNCc2ccc(F)cc2)c(Cl)c1OC. The van der Waals surface area contributed by atoms with Crippen molar-refractivity contribution in [1.29, 1.82) is 0 Å². The Morgan fingerprint density at radius 1 is 1.00 bits per heavy atom. The van der Waals surface area contributed by atoms with Crippen molar-refractivity contribution >= 4 is 11.6 Å². The molecule has 0 bridgehead atoms. The normalized spacial score (nSPS) is 10.5. The number of hydrogen-bond donors (Lipinski definition) is 1. The molecule has 21 heavy (non-hydrogen) atoms. The van der Waals surface area contributed by atoms with E-state index in [4.69, 9.17) is 21.1 Å². The molecular weight excluding hydrogens is 293 g/mol. The van der Waals surface area contributed by atoms with Gasteiger partial charge in [-0.1, -0.05) is 29.8 Å². The summed E-state index contributed by atoms with van der Waals surface area (Å²) in [7, 11) is 3.13. The number of nitrogens with one attached hydrogen (secondary N) is 1. The molecule has 2 aromatic carbocycles. The van der Waals surface area contributed by atoms with E-state index in [9.17, 15) is 4.39 Å².